The molecule has 1 N–H and O–H groups in total. The van der Waals surface area contributed by atoms with Gasteiger partial charge in [0, 0.05) is 34.4 Å². The van der Waals surface area contributed by atoms with Gasteiger partial charge in [0.15, 0.2) is 5.78 Å². The van der Waals surface area contributed by atoms with Crippen molar-refractivity contribution in [3.63, 3.8) is 0 Å². The van der Waals surface area contributed by atoms with Crippen molar-refractivity contribution in [3.05, 3.63) is 46.1 Å². The standard InChI is InChI=1S/C18H18BrNO3/c1-11-8-16-14(17(21)9-11)10-15(20(16)7-6-18(22)23)12-2-4-13(19)5-3-12/h2-5,10-11H,6-9H2,1H3,(H,22,23). The fourth-order valence-corrected chi connectivity index (χ4v) is 3.47. The minimum absolute atomic E-state index is 0.0488. The third kappa shape index (κ3) is 3.24. The number of carboxylic acids is 1. The molecule has 0 fully saturated rings. The maximum atomic E-state index is 12.3. The average molecular weight is 376 g/mol. The minimum atomic E-state index is -0.829. The van der Waals surface area contributed by atoms with E-state index in [0.717, 1.165) is 33.4 Å². The summed E-state index contributed by atoms with van der Waals surface area (Å²) < 4.78 is 3.00. The fraction of sp³-hybridized carbons (Fsp3) is 0.333. The van der Waals surface area contributed by atoms with E-state index in [1.54, 1.807) is 0 Å². The Morgan fingerprint density at radius 1 is 1.30 bits per heavy atom. The van der Waals surface area contributed by atoms with Gasteiger partial charge in [0.1, 0.15) is 0 Å². The zero-order valence-corrected chi connectivity index (χ0v) is 14.5. The summed E-state index contributed by atoms with van der Waals surface area (Å²) in [5.41, 5.74) is 3.65. The van der Waals surface area contributed by atoms with Gasteiger partial charge in [0.2, 0.25) is 0 Å². The molecule has 0 radical (unpaired) electrons. The quantitative estimate of drug-likeness (QED) is 0.872. The molecule has 0 amide bonds. The predicted molar refractivity (Wildman–Crippen MR) is 91.6 cm³/mol. The van der Waals surface area contributed by atoms with Gasteiger partial charge in [-0.3, -0.25) is 9.59 Å². The highest BCUT2D eigenvalue weighted by molar-refractivity contribution is 9.10. The van der Waals surface area contributed by atoms with Gasteiger partial charge >= 0.3 is 5.97 Å². The summed E-state index contributed by atoms with van der Waals surface area (Å²) in [6, 6.07) is 9.79. The van der Waals surface area contributed by atoms with Crippen LogP contribution in [-0.4, -0.2) is 21.4 Å². The maximum absolute atomic E-state index is 12.3. The molecule has 1 aromatic carbocycles. The van der Waals surface area contributed by atoms with Crippen LogP contribution < -0.4 is 0 Å². The summed E-state index contributed by atoms with van der Waals surface area (Å²) in [5, 5.41) is 9.03. The summed E-state index contributed by atoms with van der Waals surface area (Å²) in [4.78, 5) is 23.3. The van der Waals surface area contributed by atoms with Crippen molar-refractivity contribution in [3.8, 4) is 11.3 Å². The van der Waals surface area contributed by atoms with Gasteiger partial charge in [0.05, 0.1) is 6.42 Å². The van der Waals surface area contributed by atoms with Crippen molar-refractivity contribution in [2.24, 2.45) is 5.92 Å². The lowest BCUT2D eigenvalue weighted by atomic mass is 9.88. The Morgan fingerprint density at radius 2 is 2.00 bits per heavy atom. The minimum Gasteiger partial charge on any atom is -0.481 e. The molecule has 23 heavy (non-hydrogen) atoms. The summed E-state index contributed by atoms with van der Waals surface area (Å²) in [6.45, 7) is 2.45. The smallest absolute Gasteiger partial charge is 0.305 e. The first-order chi connectivity index (χ1) is 11.0. The highest BCUT2D eigenvalue weighted by Gasteiger charge is 2.28. The topological polar surface area (TPSA) is 59.3 Å². The van der Waals surface area contributed by atoms with E-state index < -0.39 is 5.97 Å². The Bertz CT molecular complexity index is 761. The van der Waals surface area contributed by atoms with Crippen LogP contribution >= 0.6 is 15.9 Å². The third-order valence-corrected chi connectivity index (χ3v) is 4.80. The lowest BCUT2D eigenvalue weighted by Crippen LogP contribution is -2.20. The van der Waals surface area contributed by atoms with Gasteiger partial charge in [0.25, 0.3) is 0 Å². The van der Waals surface area contributed by atoms with E-state index in [9.17, 15) is 9.59 Å². The van der Waals surface area contributed by atoms with Gasteiger partial charge in [-0.15, -0.1) is 0 Å². The zero-order chi connectivity index (χ0) is 16.6. The Labute approximate surface area is 143 Å². The van der Waals surface area contributed by atoms with Crippen LogP contribution in [0, 0.1) is 5.92 Å². The third-order valence-electron chi connectivity index (χ3n) is 4.27. The number of hydrogen-bond acceptors (Lipinski definition) is 2. The molecule has 0 saturated heterocycles. The fourth-order valence-electron chi connectivity index (χ4n) is 3.20. The van der Waals surface area contributed by atoms with Gasteiger partial charge < -0.3 is 9.67 Å². The Balaban J connectivity index is 2.10. The highest BCUT2D eigenvalue weighted by Crippen LogP contribution is 2.33. The summed E-state index contributed by atoms with van der Waals surface area (Å²) >= 11 is 3.42. The van der Waals surface area contributed by atoms with Crippen molar-refractivity contribution in [1.82, 2.24) is 4.57 Å². The molecule has 120 valence electrons. The molecule has 0 saturated carbocycles. The molecule has 1 aliphatic rings. The molecule has 5 heteroatoms. The molecular weight excluding hydrogens is 358 g/mol. The van der Waals surface area contributed by atoms with Crippen LogP contribution in [0.1, 0.15) is 35.8 Å². The zero-order valence-electron chi connectivity index (χ0n) is 12.9. The molecule has 1 unspecified atom stereocenters. The van der Waals surface area contributed by atoms with Crippen molar-refractivity contribution >= 4 is 27.7 Å². The van der Waals surface area contributed by atoms with Crippen molar-refractivity contribution in [2.75, 3.05) is 0 Å². The molecule has 1 atom stereocenters. The predicted octanol–water partition coefficient (Wildman–Crippen LogP) is 4.16. The van der Waals surface area contributed by atoms with Crippen LogP contribution in [-0.2, 0) is 17.8 Å². The second kappa shape index (κ2) is 6.32. The monoisotopic (exact) mass is 375 g/mol. The maximum Gasteiger partial charge on any atom is 0.305 e. The van der Waals surface area contributed by atoms with Crippen molar-refractivity contribution < 1.29 is 14.7 Å². The number of ketones is 1. The number of rotatable bonds is 4. The number of benzene rings is 1. The van der Waals surface area contributed by atoms with E-state index >= 15 is 0 Å². The summed E-state index contributed by atoms with van der Waals surface area (Å²) in [7, 11) is 0. The lowest BCUT2D eigenvalue weighted by molar-refractivity contribution is -0.137. The second-order valence-electron chi connectivity index (χ2n) is 6.13. The van der Waals surface area contributed by atoms with Crippen LogP contribution in [0.15, 0.2) is 34.8 Å². The van der Waals surface area contributed by atoms with Crippen LogP contribution in [0.25, 0.3) is 11.3 Å². The van der Waals surface area contributed by atoms with E-state index in [4.69, 9.17) is 5.11 Å². The molecule has 4 nitrogen and oxygen atoms in total. The number of carbonyl (C=O) groups excluding carboxylic acids is 1. The SMILES string of the molecule is CC1CC(=O)c2cc(-c3ccc(Br)cc3)n(CCC(=O)O)c2C1. The lowest BCUT2D eigenvalue weighted by Gasteiger charge is -2.20. The molecule has 2 aromatic rings. The van der Waals surface area contributed by atoms with Crippen molar-refractivity contribution in [2.45, 2.75) is 32.7 Å². The van der Waals surface area contributed by atoms with E-state index in [1.165, 1.54) is 0 Å². The van der Waals surface area contributed by atoms with E-state index in [2.05, 4.69) is 22.9 Å². The second-order valence-corrected chi connectivity index (χ2v) is 7.04. The van der Waals surface area contributed by atoms with Crippen LogP contribution in [0.5, 0.6) is 0 Å². The van der Waals surface area contributed by atoms with E-state index in [1.807, 2.05) is 34.9 Å². The first-order valence-corrected chi connectivity index (χ1v) is 8.48. The van der Waals surface area contributed by atoms with Gasteiger partial charge in [-0.2, -0.15) is 0 Å². The van der Waals surface area contributed by atoms with Crippen molar-refractivity contribution in [1.29, 1.82) is 0 Å². The van der Waals surface area contributed by atoms with E-state index in [0.29, 0.717) is 18.9 Å². The Kier molecular flexibility index (Phi) is 4.39. The summed E-state index contributed by atoms with van der Waals surface area (Å²) in [6.07, 6.45) is 1.43. The molecule has 1 heterocycles. The van der Waals surface area contributed by atoms with Crippen LogP contribution in [0.4, 0.5) is 0 Å². The van der Waals surface area contributed by atoms with E-state index in [-0.39, 0.29) is 12.2 Å². The van der Waals surface area contributed by atoms with Gasteiger partial charge in [-0.05, 0) is 36.1 Å². The number of hydrogen-bond donors (Lipinski definition) is 1. The highest BCUT2D eigenvalue weighted by atomic mass is 79.9. The molecule has 0 aliphatic heterocycles. The molecule has 0 bridgehead atoms. The summed E-state index contributed by atoms with van der Waals surface area (Å²) in [5.74, 6) is -0.373. The number of Topliss-reactive ketones (excluding diaryl/α,β-unsaturated/α-hetero) is 1. The Hall–Kier alpha value is -1.88. The number of nitrogens with zero attached hydrogens (tertiary/aromatic N) is 1. The number of aromatic nitrogens is 1. The molecule has 1 aromatic heterocycles. The number of carbonyl (C=O) groups is 2. The normalized spacial score (nSPS) is 17.1. The molecular formula is C18H18BrNO3. The molecule has 0 spiro atoms. The number of carboxylic acid groups (broad SMARTS) is 1. The van der Waals surface area contributed by atoms with Crippen LogP contribution in [0.3, 0.4) is 0 Å². The number of halogens is 1. The largest absolute Gasteiger partial charge is 0.481 e. The first kappa shape index (κ1) is 16.0. The van der Waals surface area contributed by atoms with Crippen LogP contribution in [0.2, 0.25) is 0 Å². The Morgan fingerprint density at radius 3 is 2.65 bits per heavy atom. The van der Waals surface area contributed by atoms with Gasteiger partial charge in [-0.25, -0.2) is 0 Å². The number of fused-ring (bicyclic) bond motifs is 1. The molecule has 3 rings (SSSR count). The molecule has 1 aliphatic carbocycles. The van der Waals surface area contributed by atoms with Gasteiger partial charge in [-0.1, -0.05) is 35.0 Å². The first-order valence-electron chi connectivity index (χ1n) is 7.69. The average Bonchev–Trinajstić information content (AvgIpc) is 2.84. The number of aliphatic carboxylic acids is 1.